The first-order chi connectivity index (χ1) is 9.75. The summed E-state index contributed by atoms with van der Waals surface area (Å²) in [4.78, 5) is 24.1. The van der Waals surface area contributed by atoms with E-state index in [-0.39, 0.29) is 5.69 Å². The highest BCUT2D eigenvalue weighted by Gasteiger charge is 2.36. The Kier molecular flexibility index (Phi) is 4.27. The van der Waals surface area contributed by atoms with Crippen LogP contribution in [0.4, 0.5) is 0 Å². The molecule has 1 saturated carbocycles. The molecule has 2 N–H and O–H groups in total. The maximum atomic E-state index is 12.3. The van der Waals surface area contributed by atoms with Crippen LogP contribution in [0.1, 0.15) is 55.7 Å². The van der Waals surface area contributed by atoms with Crippen LogP contribution in [0.15, 0.2) is 0 Å². The Bertz CT molecular complexity index is 558. The van der Waals surface area contributed by atoms with Crippen LogP contribution in [0.2, 0.25) is 5.02 Å². The zero-order valence-electron chi connectivity index (χ0n) is 12.6. The zero-order valence-corrected chi connectivity index (χ0v) is 13.4. The summed E-state index contributed by atoms with van der Waals surface area (Å²) in [5, 5.41) is 9.79. The number of carbonyl (C=O) groups excluding carboxylic acids is 2. The van der Waals surface area contributed by atoms with E-state index in [1.54, 1.807) is 0 Å². The molecule has 21 heavy (non-hydrogen) atoms. The molecule has 0 saturated heterocycles. The van der Waals surface area contributed by atoms with Crippen molar-refractivity contribution in [3.05, 3.63) is 16.4 Å². The third kappa shape index (κ3) is 3.37. The van der Waals surface area contributed by atoms with Crippen molar-refractivity contribution in [1.82, 2.24) is 15.5 Å². The van der Waals surface area contributed by atoms with Crippen LogP contribution in [0.5, 0.6) is 0 Å². The lowest BCUT2D eigenvalue weighted by Crippen LogP contribution is -2.49. The van der Waals surface area contributed by atoms with Gasteiger partial charge in [-0.05, 0) is 18.3 Å². The van der Waals surface area contributed by atoms with Crippen molar-refractivity contribution < 1.29 is 14.3 Å². The quantitative estimate of drug-likeness (QED) is 0.835. The third-order valence-electron chi connectivity index (χ3n) is 3.51. The van der Waals surface area contributed by atoms with Gasteiger partial charge in [0.15, 0.2) is 5.69 Å². The predicted molar refractivity (Wildman–Crippen MR) is 78.3 cm³/mol. The molecule has 0 aromatic carbocycles. The highest BCUT2D eigenvalue weighted by atomic mass is 35.5. The molecule has 0 radical (unpaired) electrons. The number of H-pyrrole nitrogens is 1. The lowest BCUT2D eigenvalue weighted by molar-refractivity contribution is -0.145. The molecule has 1 aromatic heterocycles. The Morgan fingerprint density at radius 3 is 2.52 bits per heavy atom. The standard InChI is InChI=1S/C14H20ClN3O3/c1-14(2,3)11(13(20)21-4)16-12(19)10-8(15)9(17-18-10)7-5-6-7/h7,11H,5-6H2,1-4H3,(H,16,19)(H,17,18)/t11-/m1/s1. The van der Waals surface area contributed by atoms with E-state index in [9.17, 15) is 9.59 Å². The van der Waals surface area contributed by atoms with Gasteiger partial charge in [0.25, 0.3) is 5.91 Å². The smallest absolute Gasteiger partial charge is 0.328 e. The molecular weight excluding hydrogens is 294 g/mol. The lowest BCUT2D eigenvalue weighted by Gasteiger charge is -2.28. The molecule has 1 fully saturated rings. The largest absolute Gasteiger partial charge is 0.467 e. The van der Waals surface area contributed by atoms with Crippen molar-refractivity contribution in [3.8, 4) is 0 Å². The van der Waals surface area contributed by atoms with Gasteiger partial charge in [0, 0.05) is 5.92 Å². The van der Waals surface area contributed by atoms with Crippen LogP contribution in [0.3, 0.4) is 0 Å². The minimum absolute atomic E-state index is 0.122. The van der Waals surface area contributed by atoms with Crippen molar-refractivity contribution in [2.45, 2.75) is 45.6 Å². The van der Waals surface area contributed by atoms with E-state index in [1.165, 1.54) is 7.11 Å². The van der Waals surface area contributed by atoms with E-state index >= 15 is 0 Å². The number of carbonyl (C=O) groups is 2. The van der Waals surface area contributed by atoms with Gasteiger partial charge < -0.3 is 10.1 Å². The number of halogens is 1. The average molecular weight is 314 g/mol. The summed E-state index contributed by atoms with van der Waals surface area (Å²) in [5.74, 6) is -0.607. The second kappa shape index (κ2) is 5.67. The predicted octanol–water partition coefficient (Wildman–Crippen LogP) is 2.26. The highest BCUT2D eigenvalue weighted by Crippen LogP contribution is 2.42. The van der Waals surface area contributed by atoms with Crippen LogP contribution in [0, 0.1) is 5.41 Å². The first-order valence-corrected chi connectivity index (χ1v) is 7.26. The minimum Gasteiger partial charge on any atom is -0.467 e. The van der Waals surface area contributed by atoms with E-state index in [0.29, 0.717) is 10.9 Å². The van der Waals surface area contributed by atoms with E-state index < -0.39 is 23.3 Å². The molecule has 2 rings (SSSR count). The molecule has 1 aliphatic carbocycles. The molecule has 1 aliphatic rings. The van der Waals surface area contributed by atoms with E-state index in [2.05, 4.69) is 15.5 Å². The summed E-state index contributed by atoms with van der Waals surface area (Å²) < 4.78 is 4.74. The van der Waals surface area contributed by atoms with E-state index in [0.717, 1.165) is 18.5 Å². The van der Waals surface area contributed by atoms with Crippen molar-refractivity contribution in [1.29, 1.82) is 0 Å². The summed E-state index contributed by atoms with van der Waals surface area (Å²) in [6.07, 6.45) is 2.10. The first-order valence-electron chi connectivity index (χ1n) is 6.88. The second-order valence-corrected chi connectivity index (χ2v) is 6.75. The van der Waals surface area contributed by atoms with Crippen molar-refractivity contribution in [2.24, 2.45) is 5.41 Å². The summed E-state index contributed by atoms with van der Waals surface area (Å²) >= 11 is 6.19. The number of methoxy groups -OCH3 is 1. The minimum atomic E-state index is -0.771. The van der Waals surface area contributed by atoms with Gasteiger partial charge >= 0.3 is 5.97 Å². The van der Waals surface area contributed by atoms with Crippen LogP contribution < -0.4 is 5.32 Å². The fourth-order valence-corrected chi connectivity index (χ4v) is 2.41. The van der Waals surface area contributed by atoms with Crippen LogP contribution in [-0.4, -0.2) is 35.2 Å². The van der Waals surface area contributed by atoms with Crippen LogP contribution in [-0.2, 0) is 9.53 Å². The maximum absolute atomic E-state index is 12.3. The van der Waals surface area contributed by atoms with Crippen molar-refractivity contribution in [2.75, 3.05) is 7.11 Å². The van der Waals surface area contributed by atoms with Gasteiger partial charge in [0.2, 0.25) is 0 Å². The Balaban J connectivity index is 2.17. The summed E-state index contributed by atoms with van der Waals surface area (Å²) in [6.45, 7) is 5.53. The highest BCUT2D eigenvalue weighted by molar-refractivity contribution is 6.34. The fourth-order valence-electron chi connectivity index (χ4n) is 2.08. The molecule has 1 atom stereocenters. The van der Waals surface area contributed by atoms with Crippen LogP contribution in [0.25, 0.3) is 0 Å². The molecule has 0 bridgehead atoms. The van der Waals surface area contributed by atoms with Gasteiger partial charge in [-0.25, -0.2) is 4.79 Å². The van der Waals surface area contributed by atoms with Gasteiger partial charge in [-0.15, -0.1) is 0 Å². The van der Waals surface area contributed by atoms with Gasteiger partial charge in [-0.3, -0.25) is 9.89 Å². The summed E-state index contributed by atoms with van der Waals surface area (Å²) in [7, 11) is 1.29. The number of rotatable bonds is 4. The molecule has 116 valence electrons. The molecule has 1 heterocycles. The summed E-state index contributed by atoms with van der Waals surface area (Å²) in [5.41, 5.74) is 0.439. The normalized spacial score (nSPS) is 16.4. The van der Waals surface area contributed by atoms with Gasteiger partial charge in [-0.1, -0.05) is 32.4 Å². The zero-order chi connectivity index (χ0) is 15.8. The van der Waals surface area contributed by atoms with Gasteiger partial charge in [-0.2, -0.15) is 5.10 Å². The number of nitrogens with zero attached hydrogens (tertiary/aromatic N) is 1. The molecule has 0 aliphatic heterocycles. The molecule has 6 nitrogen and oxygen atoms in total. The van der Waals surface area contributed by atoms with E-state index in [1.807, 2.05) is 20.8 Å². The second-order valence-electron chi connectivity index (χ2n) is 6.37. The molecule has 0 unspecified atom stereocenters. The third-order valence-corrected chi connectivity index (χ3v) is 3.89. The number of ether oxygens (including phenoxy) is 1. The molecule has 7 heteroatoms. The topological polar surface area (TPSA) is 84.1 Å². The fraction of sp³-hybridized carbons (Fsp3) is 0.643. The van der Waals surface area contributed by atoms with E-state index in [4.69, 9.17) is 16.3 Å². The van der Waals surface area contributed by atoms with Gasteiger partial charge in [0.1, 0.15) is 6.04 Å². The Hall–Kier alpha value is -1.56. The number of hydrogen-bond acceptors (Lipinski definition) is 4. The first kappa shape index (κ1) is 15.8. The molecule has 0 spiro atoms. The Morgan fingerprint density at radius 1 is 1.43 bits per heavy atom. The maximum Gasteiger partial charge on any atom is 0.328 e. The lowest BCUT2D eigenvalue weighted by atomic mass is 9.86. The number of hydrogen-bond donors (Lipinski definition) is 2. The van der Waals surface area contributed by atoms with Crippen LogP contribution >= 0.6 is 11.6 Å². The number of aromatic nitrogens is 2. The molecular formula is C14H20ClN3O3. The van der Waals surface area contributed by atoms with Crippen molar-refractivity contribution in [3.63, 3.8) is 0 Å². The molecule has 1 aromatic rings. The average Bonchev–Trinajstić information content (AvgIpc) is 3.17. The number of nitrogens with one attached hydrogen (secondary N) is 2. The SMILES string of the molecule is COC(=O)[C@@H](NC(=O)c1n[nH]c(C2CC2)c1Cl)C(C)(C)C. The Morgan fingerprint density at radius 2 is 2.05 bits per heavy atom. The number of amides is 1. The van der Waals surface area contributed by atoms with Gasteiger partial charge in [0.05, 0.1) is 17.8 Å². The van der Waals surface area contributed by atoms with Crippen molar-refractivity contribution >= 4 is 23.5 Å². The number of esters is 1. The number of aromatic amines is 1. The monoisotopic (exact) mass is 313 g/mol. The Labute approximate surface area is 128 Å². The summed E-state index contributed by atoms with van der Waals surface area (Å²) in [6, 6.07) is -0.771. The molecule has 1 amide bonds.